The Hall–Kier alpha value is -0.570. The van der Waals surface area contributed by atoms with Gasteiger partial charge in [-0.15, -0.1) is 0 Å². The van der Waals surface area contributed by atoms with Crippen molar-refractivity contribution in [2.24, 2.45) is 11.8 Å². The maximum Gasteiger partial charge on any atom is 0.222 e. The average Bonchev–Trinajstić information content (AvgIpc) is 2.53. The summed E-state index contributed by atoms with van der Waals surface area (Å²) >= 11 is 0. The zero-order valence-corrected chi connectivity index (χ0v) is 12.2. The lowest BCUT2D eigenvalue weighted by atomic mass is 9.96. The molecule has 106 valence electrons. The van der Waals surface area contributed by atoms with E-state index in [-0.39, 0.29) is 17.9 Å². The lowest BCUT2D eigenvalue weighted by molar-refractivity contribution is -0.132. The third-order valence-electron chi connectivity index (χ3n) is 4.33. The van der Waals surface area contributed by atoms with Gasteiger partial charge in [-0.25, -0.2) is 0 Å². The van der Waals surface area contributed by atoms with E-state index in [1.807, 2.05) is 11.8 Å². The minimum atomic E-state index is -0.373. The van der Waals surface area contributed by atoms with E-state index in [1.165, 1.54) is 12.8 Å². The summed E-state index contributed by atoms with van der Waals surface area (Å²) in [5, 5.41) is 10.1. The van der Waals surface area contributed by atoms with E-state index in [4.69, 9.17) is 0 Å². The molecule has 3 nitrogen and oxygen atoms in total. The van der Waals surface area contributed by atoms with Crippen molar-refractivity contribution in [1.82, 2.24) is 4.90 Å². The Morgan fingerprint density at radius 3 is 2.72 bits per heavy atom. The second-order valence-electron chi connectivity index (χ2n) is 5.77. The monoisotopic (exact) mass is 255 g/mol. The summed E-state index contributed by atoms with van der Waals surface area (Å²) in [5.74, 6) is 1.20. The first-order chi connectivity index (χ1) is 8.58. The van der Waals surface area contributed by atoms with Gasteiger partial charge < -0.3 is 10.0 Å². The Labute approximate surface area is 112 Å². The van der Waals surface area contributed by atoms with Crippen LogP contribution < -0.4 is 0 Å². The fourth-order valence-corrected chi connectivity index (χ4v) is 2.66. The van der Waals surface area contributed by atoms with Crippen LogP contribution in [0.4, 0.5) is 0 Å². The van der Waals surface area contributed by atoms with E-state index in [0.717, 1.165) is 25.8 Å². The SMILES string of the molecule is CCCC1CCC(=O)N(CC(O)C(C)CC)CC1. The Kier molecular flexibility index (Phi) is 6.69. The molecule has 1 rings (SSSR count). The second kappa shape index (κ2) is 7.78. The van der Waals surface area contributed by atoms with Crippen LogP contribution in [0, 0.1) is 11.8 Å². The molecule has 0 aromatic rings. The first kappa shape index (κ1) is 15.5. The molecule has 0 saturated carbocycles. The number of carbonyl (C=O) groups is 1. The molecule has 1 amide bonds. The molecule has 0 aliphatic carbocycles. The Bertz CT molecular complexity index is 255. The summed E-state index contributed by atoms with van der Waals surface area (Å²) in [4.78, 5) is 13.9. The number of carbonyl (C=O) groups excluding carboxylic acids is 1. The van der Waals surface area contributed by atoms with Gasteiger partial charge in [0.05, 0.1) is 6.10 Å². The maximum atomic E-state index is 12.0. The number of nitrogens with zero attached hydrogens (tertiary/aromatic N) is 1. The van der Waals surface area contributed by atoms with Crippen LogP contribution in [-0.2, 0) is 4.79 Å². The molecule has 0 bridgehead atoms. The summed E-state index contributed by atoms with van der Waals surface area (Å²) in [5.41, 5.74) is 0. The molecule has 3 atom stereocenters. The van der Waals surface area contributed by atoms with Gasteiger partial charge in [-0.3, -0.25) is 4.79 Å². The number of aliphatic hydroxyl groups excluding tert-OH is 1. The third kappa shape index (κ3) is 4.60. The molecule has 1 fully saturated rings. The van der Waals surface area contributed by atoms with Gasteiger partial charge in [-0.05, 0) is 24.7 Å². The molecule has 3 heteroatoms. The van der Waals surface area contributed by atoms with Gasteiger partial charge in [0.25, 0.3) is 0 Å². The summed E-state index contributed by atoms with van der Waals surface area (Å²) in [7, 11) is 0. The van der Waals surface area contributed by atoms with Gasteiger partial charge in [0.15, 0.2) is 0 Å². The van der Waals surface area contributed by atoms with Crippen molar-refractivity contribution in [3.05, 3.63) is 0 Å². The van der Waals surface area contributed by atoms with Gasteiger partial charge in [-0.2, -0.15) is 0 Å². The fraction of sp³-hybridized carbons (Fsp3) is 0.933. The Morgan fingerprint density at radius 2 is 2.11 bits per heavy atom. The summed E-state index contributed by atoms with van der Waals surface area (Å²) in [6.07, 6.45) is 5.82. The first-order valence-electron chi connectivity index (χ1n) is 7.54. The predicted molar refractivity (Wildman–Crippen MR) is 74.3 cm³/mol. The molecule has 0 aromatic carbocycles. The predicted octanol–water partition coefficient (Wildman–Crippen LogP) is 2.82. The van der Waals surface area contributed by atoms with Crippen molar-refractivity contribution in [3.8, 4) is 0 Å². The van der Waals surface area contributed by atoms with Gasteiger partial charge in [0, 0.05) is 19.5 Å². The number of β-amino-alcohol motifs (C(OH)–C–C–N with tert-alkyl or cyclic N) is 1. The lowest BCUT2D eigenvalue weighted by Crippen LogP contribution is -2.39. The first-order valence-corrected chi connectivity index (χ1v) is 7.54. The zero-order valence-electron chi connectivity index (χ0n) is 12.2. The molecule has 0 radical (unpaired) electrons. The van der Waals surface area contributed by atoms with Crippen molar-refractivity contribution >= 4 is 5.91 Å². The van der Waals surface area contributed by atoms with Crippen molar-refractivity contribution < 1.29 is 9.90 Å². The molecule has 1 aliphatic heterocycles. The van der Waals surface area contributed by atoms with Crippen LogP contribution in [0.1, 0.15) is 59.3 Å². The zero-order chi connectivity index (χ0) is 13.5. The van der Waals surface area contributed by atoms with Crippen molar-refractivity contribution in [2.45, 2.75) is 65.4 Å². The van der Waals surface area contributed by atoms with Crippen LogP contribution in [0.2, 0.25) is 0 Å². The van der Waals surface area contributed by atoms with Crippen molar-refractivity contribution in [2.75, 3.05) is 13.1 Å². The van der Waals surface area contributed by atoms with Crippen LogP contribution in [0.3, 0.4) is 0 Å². The van der Waals surface area contributed by atoms with Crippen LogP contribution in [0.25, 0.3) is 0 Å². The number of rotatable bonds is 6. The van der Waals surface area contributed by atoms with Crippen LogP contribution in [0.15, 0.2) is 0 Å². The van der Waals surface area contributed by atoms with Crippen LogP contribution in [-0.4, -0.2) is 35.1 Å². The number of hydrogen-bond acceptors (Lipinski definition) is 2. The van der Waals surface area contributed by atoms with E-state index in [0.29, 0.717) is 18.9 Å². The molecule has 1 saturated heterocycles. The van der Waals surface area contributed by atoms with Gasteiger partial charge in [0.1, 0.15) is 0 Å². The van der Waals surface area contributed by atoms with E-state index in [9.17, 15) is 9.90 Å². The van der Waals surface area contributed by atoms with E-state index in [1.54, 1.807) is 0 Å². The standard InChI is InChI=1S/C15H29NO2/c1-4-6-13-7-8-15(18)16(10-9-13)11-14(17)12(3)5-2/h12-14,17H,4-11H2,1-3H3. The molecular formula is C15H29NO2. The van der Waals surface area contributed by atoms with Crippen LogP contribution in [0.5, 0.6) is 0 Å². The highest BCUT2D eigenvalue weighted by Gasteiger charge is 2.25. The Morgan fingerprint density at radius 1 is 1.39 bits per heavy atom. The maximum absolute atomic E-state index is 12.0. The highest BCUT2D eigenvalue weighted by atomic mass is 16.3. The minimum absolute atomic E-state index is 0.232. The molecular weight excluding hydrogens is 226 g/mol. The average molecular weight is 255 g/mol. The number of likely N-dealkylation sites (tertiary alicyclic amines) is 1. The third-order valence-corrected chi connectivity index (χ3v) is 4.33. The van der Waals surface area contributed by atoms with Crippen molar-refractivity contribution in [3.63, 3.8) is 0 Å². The normalized spacial score (nSPS) is 24.8. The number of aliphatic hydroxyl groups is 1. The Balaban J connectivity index is 2.47. The summed E-state index contributed by atoms with van der Waals surface area (Å²) < 4.78 is 0. The van der Waals surface area contributed by atoms with Crippen LogP contribution >= 0.6 is 0 Å². The molecule has 0 spiro atoms. The summed E-state index contributed by atoms with van der Waals surface area (Å²) in [6, 6.07) is 0. The minimum Gasteiger partial charge on any atom is -0.391 e. The van der Waals surface area contributed by atoms with E-state index in [2.05, 4.69) is 13.8 Å². The smallest absolute Gasteiger partial charge is 0.222 e. The molecule has 18 heavy (non-hydrogen) atoms. The van der Waals surface area contributed by atoms with Crippen molar-refractivity contribution in [1.29, 1.82) is 0 Å². The summed E-state index contributed by atoms with van der Waals surface area (Å²) in [6.45, 7) is 7.68. The molecule has 3 unspecified atom stereocenters. The largest absolute Gasteiger partial charge is 0.391 e. The number of amides is 1. The van der Waals surface area contributed by atoms with Gasteiger partial charge >= 0.3 is 0 Å². The van der Waals surface area contributed by atoms with Gasteiger partial charge in [0.2, 0.25) is 5.91 Å². The second-order valence-corrected chi connectivity index (χ2v) is 5.77. The molecule has 1 heterocycles. The molecule has 1 N–H and O–H groups in total. The van der Waals surface area contributed by atoms with E-state index < -0.39 is 0 Å². The lowest BCUT2D eigenvalue weighted by Gasteiger charge is -2.26. The van der Waals surface area contributed by atoms with Gasteiger partial charge in [-0.1, -0.05) is 40.0 Å². The topological polar surface area (TPSA) is 40.5 Å². The molecule has 1 aliphatic rings. The highest BCUT2D eigenvalue weighted by molar-refractivity contribution is 5.76. The quantitative estimate of drug-likeness (QED) is 0.793. The fourth-order valence-electron chi connectivity index (χ4n) is 2.66. The molecule has 0 aromatic heterocycles. The van der Waals surface area contributed by atoms with E-state index >= 15 is 0 Å². The highest BCUT2D eigenvalue weighted by Crippen LogP contribution is 2.23. The number of hydrogen-bond donors (Lipinski definition) is 1.